The van der Waals surface area contributed by atoms with Crippen LogP contribution in [-0.2, 0) is 9.59 Å². The highest BCUT2D eigenvalue weighted by Crippen LogP contribution is 2.02. The van der Waals surface area contributed by atoms with Gasteiger partial charge in [-0.3, -0.25) is 14.5 Å². The van der Waals surface area contributed by atoms with Crippen LogP contribution in [0.4, 0.5) is 0 Å². The third-order valence-corrected chi connectivity index (χ3v) is 3.25. The second-order valence-corrected chi connectivity index (χ2v) is 4.98. The fraction of sp³-hybridized carbons (Fsp3) is 0.733. The van der Waals surface area contributed by atoms with Crippen LogP contribution in [0.2, 0.25) is 0 Å². The molecule has 6 nitrogen and oxygen atoms in total. The molecule has 0 fully saturated rings. The van der Waals surface area contributed by atoms with Crippen molar-refractivity contribution in [3.05, 3.63) is 12.2 Å². The molecule has 1 unspecified atom stereocenters. The third kappa shape index (κ3) is 10.0. The lowest BCUT2D eigenvalue weighted by Crippen LogP contribution is -2.46. The number of carboxylic acids is 1. The van der Waals surface area contributed by atoms with E-state index in [0.29, 0.717) is 19.4 Å². The van der Waals surface area contributed by atoms with Gasteiger partial charge in [0.05, 0.1) is 6.67 Å². The summed E-state index contributed by atoms with van der Waals surface area (Å²) < 4.78 is 0. The molecule has 0 rings (SSSR count). The number of nitrogens with one attached hydrogen (secondary N) is 1. The number of hydrogen-bond donors (Lipinski definition) is 3. The van der Waals surface area contributed by atoms with E-state index in [0.717, 1.165) is 19.3 Å². The largest absolute Gasteiger partial charge is 0.480 e. The Hall–Kier alpha value is -1.40. The molecule has 0 aliphatic carbocycles. The van der Waals surface area contributed by atoms with Gasteiger partial charge in [-0.05, 0) is 39.5 Å². The predicted molar refractivity (Wildman–Crippen MR) is 81.8 cm³/mol. The summed E-state index contributed by atoms with van der Waals surface area (Å²) >= 11 is 0. The van der Waals surface area contributed by atoms with Gasteiger partial charge >= 0.3 is 5.97 Å². The minimum Gasteiger partial charge on any atom is -0.480 e. The SMILES string of the molecule is C/C=C/CCCCC(=O)NCN(CCCO)C(C)C(=O)O. The van der Waals surface area contributed by atoms with Gasteiger partial charge in [0.25, 0.3) is 0 Å². The molecule has 1 atom stereocenters. The highest BCUT2D eigenvalue weighted by atomic mass is 16.4. The molecule has 21 heavy (non-hydrogen) atoms. The maximum absolute atomic E-state index is 11.7. The number of amides is 1. The number of carboxylic acid groups (broad SMARTS) is 1. The van der Waals surface area contributed by atoms with Crippen molar-refractivity contribution >= 4 is 11.9 Å². The summed E-state index contributed by atoms with van der Waals surface area (Å²) in [5.74, 6) is -1.00. The lowest BCUT2D eigenvalue weighted by Gasteiger charge is -2.26. The molecule has 1 amide bonds. The number of allylic oxidation sites excluding steroid dienone is 2. The summed E-state index contributed by atoms with van der Waals surface area (Å²) in [6.07, 6.45) is 7.76. The van der Waals surface area contributed by atoms with Gasteiger partial charge < -0.3 is 15.5 Å². The van der Waals surface area contributed by atoms with Crippen molar-refractivity contribution in [3.63, 3.8) is 0 Å². The molecule has 0 aliphatic rings. The van der Waals surface area contributed by atoms with Crippen molar-refractivity contribution in [2.24, 2.45) is 0 Å². The second kappa shape index (κ2) is 12.3. The quantitative estimate of drug-likeness (QED) is 0.288. The summed E-state index contributed by atoms with van der Waals surface area (Å²) in [6.45, 7) is 4.18. The topological polar surface area (TPSA) is 89.9 Å². The molecule has 122 valence electrons. The van der Waals surface area contributed by atoms with Gasteiger partial charge in [-0.15, -0.1) is 0 Å². The van der Waals surface area contributed by atoms with Crippen molar-refractivity contribution in [1.82, 2.24) is 10.2 Å². The van der Waals surface area contributed by atoms with Gasteiger partial charge in [0, 0.05) is 19.6 Å². The van der Waals surface area contributed by atoms with Crippen LogP contribution in [0.25, 0.3) is 0 Å². The van der Waals surface area contributed by atoms with Crippen molar-refractivity contribution < 1.29 is 19.8 Å². The Bertz CT molecular complexity index is 332. The number of aliphatic hydroxyl groups is 1. The average Bonchev–Trinajstić information content (AvgIpc) is 2.46. The van der Waals surface area contributed by atoms with Crippen molar-refractivity contribution in [2.45, 2.75) is 52.0 Å². The first-order valence-electron chi connectivity index (χ1n) is 7.48. The molecule has 0 heterocycles. The van der Waals surface area contributed by atoms with E-state index in [9.17, 15) is 9.59 Å². The average molecular weight is 300 g/mol. The second-order valence-electron chi connectivity index (χ2n) is 4.98. The summed E-state index contributed by atoms with van der Waals surface area (Å²) in [4.78, 5) is 24.3. The monoisotopic (exact) mass is 300 g/mol. The number of carbonyl (C=O) groups excluding carboxylic acids is 1. The van der Waals surface area contributed by atoms with Gasteiger partial charge in [-0.25, -0.2) is 0 Å². The first kappa shape index (κ1) is 19.6. The molecule has 0 spiro atoms. The van der Waals surface area contributed by atoms with Crippen molar-refractivity contribution in [3.8, 4) is 0 Å². The van der Waals surface area contributed by atoms with Crippen LogP contribution in [0.5, 0.6) is 0 Å². The third-order valence-electron chi connectivity index (χ3n) is 3.25. The van der Waals surface area contributed by atoms with Gasteiger partial charge in [0.2, 0.25) is 5.91 Å². The number of nitrogens with zero attached hydrogens (tertiary/aromatic N) is 1. The molecule has 0 saturated carbocycles. The normalized spacial score (nSPS) is 12.8. The molecular weight excluding hydrogens is 272 g/mol. The van der Waals surface area contributed by atoms with Crippen LogP contribution in [0, 0.1) is 0 Å². The summed E-state index contributed by atoms with van der Waals surface area (Å²) in [6, 6.07) is -0.688. The van der Waals surface area contributed by atoms with E-state index in [1.807, 2.05) is 13.0 Å². The lowest BCUT2D eigenvalue weighted by atomic mass is 10.2. The smallest absolute Gasteiger partial charge is 0.320 e. The standard InChI is InChI=1S/C15H28N2O4/c1-3-4-5-6-7-9-14(19)16-12-17(10-8-11-18)13(2)15(20)21/h3-4,13,18H,5-12H2,1-2H3,(H,16,19)(H,20,21)/b4-3+. The highest BCUT2D eigenvalue weighted by molar-refractivity contribution is 5.76. The number of unbranched alkanes of at least 4 members (excludes halogenated alkanes) is 2. The van der Waals surface area contributed by atoms with Crippen LogP contribution >= 0.6 is 0 Å². The molecule has 0 aromatic carbocycles. The molecule has 0 aromatic heterocycles. The Morgan fingerprint density at radius 1 is 1.29 bits per heavy atom. The van der Waals surface area contributed by atoms with Gasteiger partial charge in [-0.1, -0.05) is 12.2 Å². The summed E-state index contributed by atoms with van der Waals surface area (Å²) in [5, 5.41) is 20.6. The van der Waals surface area contributed by atoms with Gasteiger partial charge in [0.15, 0.2) is 0 Å². The molecule has 3 N–H and O–H groups in total. The molecule has 0 saturated heterocycles. The summed E-state index contributed by atoms with van der Waals surface area (Å²) in [7, 11) is 0. The maximum Gasteiger partial charge on any atom is 0.320 e. The Morgan fingerprint density at radius 3 is 2.57 bits per heavy atom. The van der Waals surface area contributed by atoms with Crippen LogP contribution < -0.4 is 5.32 Å². The zero-order valence-electron chi connectivity index (χ0n) is 13.0. The van der Waals surface area contributed by atoms with Crippen LogP contribution in [0.1, 0.15) is 46.0 Å². The maximum atomic E-state index is 11.7. The summed E-state index contributed by atoms with van der Waals surface area (Å²) in [5.41, 5.74) is 0. The first-order chi connectivity index (χ1) is 10.0. The van der Waals surface area contributed by atoms with E-state index in [-0.39, 0.29) is 19.2 Å². The zero-order valence-corrected chi connectivity index (χ0v) is 13.0. The van der Waals surface area contributed by atoms with E-state index in [4.69, 9.17) is 10.2 Å². The Labute approximate surface area is 126 Å². The number of aliphatic hydroxyl groups excluding tert-OH is 1. The molecule has 0 radical (unpaired) electrons. The van der Waals surface area contributed by atoms with E-state index in [1.165, 1.54) is 0 Å². The minimum absolute atomic E-state index is 0.00172. The minimum atomic E-state index is -0.937. The molecule has 6 heteroatoms. The zero-order chi connectivity index (χ0) is 16.1. The number of rotatable bonds is 12. The van der Waals surface area contributed by atoms with Crippen LogP contribution in [-0.4, -0.2) is 52.9 Å². The van der Waals surface area contributed by atoms with E-state index < -0.39 is 12.0 Å². The number of hydrogen-bond acceptors (Lipinski definition) is 4. The van der Waals surface area contributed by atoms with Crippen LogP contribution in [0.15, 0.2) is 12.2 Å². The number of aliphatic carboxylic acids is 1. The highest BCUT2D eigenvalue weighted by Gasteiger charge is 2.20. The van der Waals surface area contributed by atoms with E-state index >= 15 is 0 Å². The van der Waals surface area contributed by atoms with E-state index in [1.54, 1.807) is 11.8 Å². The van der Waals surface area contributed by atoms with Gasteiger partial charge in [-0.2, -0.15) is 0 Å². The Kier molecular flexibility index (Phi) is 11.5. The van der Waals surface area contributed by atoms with E-state index in [2.05, 4.69) is 11.4 Å². The fourth-order valence-electron chi connectivity index (χ4n) is 1.83. The van der Waals surface area contributed by atoms with Crippen LogP contribution in [0.3, 0.4) is 0 Å². The first-order valence-corrected chi connectivity index (χ1v) is 7.48. The fourth-order valence-corrected chi connectivity index (χ4v) is 1.83. The predicted octanol–water partition coefficient (Wildman–Crippen LogP) is 1.35. The molecule has 0 aliphatic heterocycles. The number of carbonyl (C=O) groups is 2. The van der Waals surface area contributed by atoms with Crippen molar-refractivity contribution in [2.75, 3.05) is 19.8 Å². The molecular formula is C15H28N2O4. The molecule has 0 aromatic rings. The van der Waals surface area contributed by atoms with Crippen molar-refractivity contribution in [1.29, 1.82) is 0 Å². The lowest BCUT2D eigenvalue weighted by molar-refractivity contribution is -0.143. The Balaban J connectivity index is 4.03. The molecule has 0 bridgehead atoms. The Morgan fingerprint density at radius 2 is 2.00 bits per heavy atom. The van der Waals surface area contributed by atoms with Gasteiger partial charge in [0.1, 0.15) is 6.04 Å².